The minimum absolute atomic E-state index is 0.116. The molecule has 0 aromatic heterocycles. The fourth-order valence-corrected chi connectivity index (χ4v) is 3.50. The molecule has 1 aliphatic heterocycles. The first-order chi connectivity index (χ1) is 13.2. The number of nitrogens with one attached hydrogen (secondary N) is 3. The number of hydrogen-bond acceptors (Lipinski definition) is 4. The van der Waals surface area contributed by atoms with Crippen molar-refractivity contribution in [3.8, 4) is 0 Å². The second-order valence-corrected chi connectivity index (χ2v) is 7.72. The van der Waals surface area contributed by atoms with Crippen LogP contribution in [-0.2, 0) is 9.59 Å². The Hall–Kier alpha value is -2.08. The Balaban J connectivity index is 1.52. The summed E-state index contributed by atoms with van der Waals surface area (Å²) in [5.74, 6) is 0.469. The molecule has 3 rings (SSSR count). The van der Waals surface area contributed by atoms with Crippen LogP contribution in [0.25, 0.3) is 0 Å². The van der Waals surface area contributed by atoms with E-state index in [0.717, 1.165) is 43.3 Å². The van der Waals surface area contributed by atoms with Crippen LogP contribution in [0.1, 0.15) is 45.4 Å². The van der Waals surface area contributed by atoms with Gasteiger partial charge in [-0.3, -0.25) is 9.59 Å². The number of carbonyl (C=O) groups excluding carboxylic acids is 2. The number of carbonyl (C=O) groups is 2. The van der Waals surface area contributed by atoms with Crippen LogP contribution in [0.15, 0.2) is 24.3 Å². The van der Waals surface area contributed by atoms with Crippen molar-refractivity contribution in [2.75, 3.05) is 36.4 Å². The van der Waals surface area contributed by atoms with Gasteiger partial charge in [0.15, 0.2) is 0 Å². The average molecular weight is 373 g/mol. The van der Waals surface area contributed by atoms with E-state index in [4.69, 9.17) is 0 Å². The SMILES string of the molecule is CCCC(NC(=O)CNCC1CC1)C(=O)Nc1cccc(N2CCCC2)c1. The molecule has 1 atom stereocenters. The second kappa shape index (κ2) is 9.74. The van der Waals surface area contributed by atoms with Gasteiger partial charge < -0.3 is 20.9 Å². The van der Waals surface area contributed by atoms with Crippen molar-refractivity contribution in [1.82, 2.24) is 10.6 Å². The maximum absolute atomic E-state index is 12.7. The topological polar surface area (TPSA) is 73.5 Å². The summed E-state index contributed by atoms with van der Waals surface area (Å²) in [5, 5.41) is 9.03. The molecule has 148 valence electrons. The molecule has 1 saturated heterocycles. The molecule has 1 unspecified atom stereocenters. The van der Waals surface area contributed by atoms with Gasteiger partial charge in [-0.2, -0.15) is 0 Å². The number of anilines is 2. The number of hydrogen-bond donors (Lipinski definition) is 3. The Morgan fingerprint density at radius 3 is 2.70 bits per heavy atom. The summed E-state index contributed by atoms with van der Waals surface area (Å²) in [4.78, 5) is 27.2. The standard InChI is InChI=1S/C21H32N4O2/c1-2-6-19(24-20(26)15-22-14-16-9-10-16)21(27)23-17-7-5-8-18(13-17)25-11-3-4-12-25/h5,7-8,13,16,19,22H,2-4,6,9-12,14-15H2,1H3,(H,23,27)(H,24,26). The van der Waals surface area contributed by atoms with Gasteiger partial charge in [-0.1, -0.05) is 19.4 Å². The van der Waals surface area contributed by atoms with Crippen LogP contribution in [-0.4, -0.2) is 44.0 Å². The zero-order valence-corrected chi connectivity index (χ0v) is 16.3. The van der Waals surface area contributed by atoms with Crippen molar-refractivity contribution >= 4 is 23.2 Å². The minimum atomic E-state index is -0.499. The Kier molecular flexibility index (Phi) is 7.10. The third-order valence-corrected chi connectivity index (χ3v) is 5.23. The Morgan fingerprint density at radius 2 is 2.00 bits per heavy atom. The Bertz CT molecular complexity index is 639. The van der Waals surface area contributed by atoms with Crippen molar-refractivity contribution in [3.63, 3.8) is 0 Å². The van der Waals surface area contributed by atoms with Gasteiger partial charge in [0.1, 0.15) is 6.04 Å². The van der Waals surface area contributed by atoms with Gasteiger partial charge in [0.25, 0.3) is 0 Å². The Labute approximate surface area is 162 Å². The summed E-state index contributed by atoms with van der Waals surface area (Å²) in [6.07, 6.45) is 6.41. The van der Waals surface area contributed by atoms with E-state index in [0.29, 0.717) is 6.42 Å². The van der Waals surface area contributed by atoms with Crippen LogP contribution >= 0.6 is 0 Å². The minimum Gasteiger partial charge on any atom is -0.371 e. The first kappa shape index (κ1) is 19.7. The molecule has 1 heterocycles. The van der Waals surface area contributed by atoms with E-state index in [-0.39, 0.29) is 18.4 Å². The molecular formula is C21H32N4O2. The number of benzene rings is 1. The van der Waals surface area contributed by atoms with Crippen LogP contribution in [0, 0.1) is 5.92 Å². The lowest BCUT2D eigenvalue weighted by molar-refractivity contribution is -0.126. The molecule has 0 bridgehead atoms. The Morgan fingerprint density at radius 1 is 1.22 bits per heavy atom. The van der Waals surface area contributed by atoms with Gasteiger partial charge in [0, 0.05) is 24.5 Å². The largest absolute Gasteiger partial charge is 0.371 e. The first-order valence-electron chi connectivity index (χ1n) is 10.3. The zero-order valence-electron chi connectivity index (χ0n) is 16.3. The fourth-order valence-electron chi connectivity index (χ4n) is 3.50. The lowest BCUT2D eigenvalue weighted by atomic mass is 10.1. The molecule has 0 spiro atoms. The summed E-state index contributed by atoms with van der Waals surface area (Å²) in [6.45, 7) is 5.32. The molecule has 6 heteroatoms. The smallest absolute Gasteiger partial charge is 0.246 e. The average Bonchev–Trinajstić information content (AvgIpc) is 3.31. The van der Waals surface area contributed by atoms with Crippen LogP contribution in [0.3, 0.4) is 0 Å². The van der Waals surface area contributed by atoms with Crippen molar-refractivity contribution < 1.29 is 9.59 Å². The lowest BCUT2D eigenvalue weighted by Crippen LogP contribution is -2.46. The lowest BCUT2D eigenvalue weighted by Gasteiger charge is -2.20. The highest BCUT2D eigenvalue weighted by atomic mass is 16.2. The van der Waals surface area contributed by atoms with Gasteiger partial charge >= 0.3 is 0 Å². The molecule has 1 aliphatic carbocycles. The van der Waals surface area contributed by atoms with E-state index < -0.39 is 6.04 Å². The third-order valence-electron chi connectivity index (χ3n) is 5.23. The highest BCUT2D eigenvalue weighted by molar-refractivity contribution is 5.97. The normalized spacial score (nSPS) is 17.6. The first-order valence-corrected chi connectivity index (χ1v) is 10.3. The van der Waals surface area contributed by atoms with Crippen LogP contribution < -0.4 is 20.9 Å². The van der Waals surface area contributed by atoms with Crippen LogP contribution in [0.2, 0.25) is 0 Å². The van der Waals surface area contributed by atoms with Gasteiger partial charge in [-0.25, -0.2) is 0 Å². The summed E-state index contributed by atoms with van der Waals surface area (Å²) in [5.41, 5.74) is 1.93. The molecule has 1 saturated carbocycles. The molecule has 3 N–H and O–H groups in total. The summed E-state index contributed by atoms with van der Waals surface area (Å²) >= 11 is 0. The summed E-state index contributed by atoms with van der Waals surface area (Å²) in [6, 6.07) is 7.47. The van der Waals surface area contributed by atoms with E-state index in [9.17, 15) is 9.59 Å². The molecule has 27 heavy (non-hydrogen) atoms. The fraction of sp³-hybridized carbons (Fsp3) is 0.619. The molecule has 0 radical (unpaired) electrons. The van der Waals surface area contributed by atoms with E-state index >= 15 is 0 Å². The van der Waals surface area contributed by atoms with E-state index in [2.05, 4.69) is 26.9 Å². The van der Waals surface area contributed by atoms with Gasteiger partial charge in [-0.15, -0.1) is 0 Å². The van der Waals surface area contributed by atoms with Gasteiger partial charge in [-0.05, 0) is 62.8 Å². The maximum Gasteiger partial charge on any atom is 0.246 e. The number of amides is 2. The molecule has 1 aromatic rings. The monoisotopic (exact) mass is 372 g/mol. The van der Waals surface area contributed by atoms with E-state index in [1.807, 2.05) is 25.1 Å². The summed E-state index contributed by atoms with van der Waals surface area (Å²) in [7, 11) is 0. The molecular weight excluding hydrogens is 340 g/mol. The molecule has 2 fully saturated rings. The molecule has 2 amide bonds. The van der Waals surface area contributed by atoms with Crippen LogP contribution in [0.4, 0.5) is 11.4 Å². The predicted octanol–water partition coefficient (Wildman–Crippen LogP) is 2.51. The van der Waals surface area contributed by atoms with Crippen molar-refractivity contribution in [2.24, 2.45) is 5.92 Å². The third kappa shape index (κ3) is 6.24. The predicted molar refractivity (Wildman–Crippen MR) is 109 cm³/mol. The van der Waals surface area contributed by atoms with Crippen LogP contribution in [0.5, 0.6) is 0 Å². The molecule has 1 aromatic carbocycles. The zero-order chi connectivity index (χ0) is 19.1. The number of nitrogens with zero attached hydrogens (tertiary/aromatic N) is 1. The van der Waals surface area contributed by atoms with Crippen molar-refractivity contribution in [3.05, 3.63) is 24.3 Å². The van der Waals surface area contributed by atoms with E-state index in [1.165, 1.54) is 25.7 Å². The quantitative estimate of drug-likeness (QED) is 0.590. The van der Waals surface area contributed by atoms with E-state index in [1.54, 1.807) is 0 Å². The number of rotatable bonds is 10. The van der Waals surface area contributed by atoms with Crippen molar-refractivity contribution in [1.29, 1.82) is 0 Å². The molecule has 6 nitrogen and oxygen atoms in total. The van der Waals surface area contributed by atoms with Gasteiger partial charge in [0.05, 0.1) is 6.54 Å². The summed E-state index contributed by atoms with van der Waals surface area (Å²) < 4.78 is 0. The maximum atomic E-state index is 12.7. The second-order valence-electron chi connectivity index (χ2n) is 7.72. The molecule has 2 aliphatic rings. The highest BCUT2D eigenvalue weighted by Crippen LogP contribution is 2.27. The van der Waals surface area contributed by atoms with Gasteiger partial charge in [0.2, 0.25) is 11.8 Å². The van der Waals surface area contributed by atoms with Crippen molar-refractivity contribution in [2.45, 2.75) is 51.5 Å². The highest BCUT2D eigenvalue weighted by Gasteiger charge is 2.23.